The van der Waals surface area contributed by atoms with Gasteiger partial charge in [-0.25, -0.2) is 4.79 Å². The molecule has 23 heavy (non-hydrogen) atoms. The Balaban J connectivity index is 2.13. The highest BCUT2D eigenvalue weighted by atomic mass is 16.4. The molecule has 0 radical (unpaired) electrons. The van der Waals surface area contributed by atoms with E-state index >= 15 is 0 Å². The Labute approximate surface area is 134 Å². The van der Waals surface area contributed by atoms with E-state index in [-0.39, 0.29) is 11.5 Å². The second-order valence-corrected chi connectivity index (χ2v) is 5.66. The number of carboxylic acid groups (broad SMARTS) is 1. The molecule has 1 unspecified atom stereocenters. The zero-order valence-corrected chi connectivity index (χ0v) is 13.9. The molecule has 2 aromatic rings. The number of aryl methyl sites for hydroxylation is 2. The van der Waals surface area contributed by atoms with Crippen LogP contribution in [0.5, 0.6) is 0 Å². The van der Waals surface area contributed by atoms with Crippen LogP contribution in [0.15, 0.2) is 12.4 Å². The van der Waals surface area contributed by atoms with E-state index in [0.29, 0.717) is 6.54 Å². The minimum atomic E-state index is -1.06. The van der Waals surface area contributed by atoms with Gasteiger partial charge in [-0.1, -0.05) is 0 Å². The van der Waals surface area contributed by atoms with Crippen molar-refractivity contribution in [2.75, 3.05) is 7.05 Å². The van der Waals surface area contributed by atoms with Gasteiger partial charge in [-0.15, -0.1) is 0 Å². The molecule has 0 saturated carbocycles. The number of aromatic carboxylic acids is 1. The summed E-state index contributed by atoms with van der Waals surface area (Å²) in [6, 6.07) is -0.578. The standard InChI is InChI=1S/C15H21N5O3/c1-9-13(10(2)19(5)17-9)8-18(4)14(21)11(3)20-7-12(6-16-20)15(22)23/h6-7,11H,8H2,1-5H3,(H,22,23). The molecule has 8 heteroatoms. The normalized spacial score (nSPS) is 12.2. The van der Waals surface area contributed by atoms with Crippen molar-refractivity contribution in [1.82, 2.24) is 24.5 Å². The monoisotopic (exact) mass is 319 g/mol. The lowest BCUT2D eigenvalue weighted by Gasteiger charge is -2.22. The van der Waals surface area contributed by atoms with Crippen molar-refractivity contribution in [3.63, 3.8) is 0 Å². The van der Waals surface area contributed by atoms with Crippen LogP contribution in [0.2, 0.25) is 0 Å². The fourth-order valence-electron chi connectivity index (χ4n) is 2.45. The number of amides is 1. The molecule has 0 fully saturated rings. The number of nitrogens with zero attached hydrogens (tertiary/aromatic N) is 5. The van der Waals surface area contributed by atoms with Crippen molar-refractivity contribution < 1.29 is 14.7 Å². The van der Waals surface area contributed by atoms with Gasteiger partial charge in [-0.3, -0.25) is 14.2 Å². The van der Waals surface area contributed by atoms with Gasteiger partial charge in [0.15, 0.2) is 0 Å². The summed E-state index contributed by atoms with van der Waals surface area (Å²) in [7, 11) is 3.58. The van der Waals surface area contributed by atoms with Crippen LogP contribution >= 0.6 is 0 Å². The van der Waals surface area contributed by atoms with E-state index in [9.17, 15) is 9.59 Å². The molecular weight excluding hydrogens is 298 g/mol. The smallest absolute Gasteiger partial charge is 0.338 e. The van der Waals surface area contributed by atoms with Gasteiger partial charge in [0.25, 0.3) is 0 Å². The summed E-state index contributed by atoms with van der Waals surface area (Å²) in [5.41, 5.74) is 2.99. The first-order chi connectivity index (χ1) is 10.7. The van der Waals surface area contributed by atoms with Crippen LogP contribution in [-0.4, -0.2) is 48.5 Å². The third kappa shape index (κ3) is 3.25. The summed E-state index contributed by atoms with van der Waals surface area (Å²) >= 11 is 0. The molecule has 0 bridgehead atoms. The molecular formula is C15H21N5O3. The summed E-state index contributed by atoms with van der Waals surface area (Å²) < 4.78 is 3.16. The van der Waals surface area contributed by atoms with Crippen molar-refractivity contribution >= 4 is 11.9 Å². The maximum Gasteiger partial charge on any atom is 0.338 e. The highest BCUT2D eigenvalue weighted by molar-refractivity contribution is 5.87. The largest absolute Gasteiger partial charge is 0.478 e. The number of hydrogen-bond donors (Lipinski definition) is 1. The maximum atomic E-state index is 12.5. The third-order valence-electron chi connectivity index (χ3n) is 4.03. The van der Waals surface area contributed by atoms with Crippen molar-refractivity contribution in [3.8, 4) is 0 Å². The molecule has 1 amide bonds. The van der Waals surface area contributed by atoms with Crippen molar-refractivity contribution in [1.29, 1.82) is 0 Å². The van der Waals surface area contributed by atoms with Gasteiger partial charge >= 0.3 is 5.97 Å². The fourth-order valence-corrected chi connectivity index (χ4v) is 2.45. The molecule has 8 nitrogen and oxygen atoms in total. The Hall–Kier alpha value is -2.64. The van der Waals surface area contributed by atoms with Gasteiger partial charge in [0.1, 0.15) is 6.04 Å². The highest BCUT2D eigenvalue weighted by Gasteiger charge is 2.22. The van der Waals surface area contributed by atoms with E-state index in [2.05, 4.69) is 10.2 Å². The van der Waals surface area contributed by atoms with Crippen LogP contribution in [0.25, 0.3) is 0 Å². The molecule has 0 aliphatic carbocycles. The summed E-state index contributed by atoms with van der Waals surface area (Å²) in [4.78, 5) is 25.0. The van der Waals surface area contributed by atoms with Gasteiger partial charge in [-0.2, -0.15) is 10.2 Å². The average molecular weight is 319 g/mol. The third-order valence-corrected chi connectivity index (χ3v) is 4.03. The van der Waals surface area contributed by atoms with Crippen LogP contribution < -0.4 is 0 Å². The van der Waals surface area contributed by atoms with Crippen LogP contribution in [-0.2, 0) is 18.4 Å². The van der Waals surface area contributed by atoms with Crippen LogP contribution in [0, 0.1) is 13.8 Å². The first kappa shape index (κ1) is 16.7. The SMILES string of the molecule is Cc1nn(C)c(C)c1CN(C)C(=O)C(C)n1cc(C(=O)O)cn1. The summed E-state index contributed by atoms with van der Waals surface area (Å²) in [5, 5.41) is 17.2. The van der Waals surface area contributed by atoms with E-state index < -0.39 is 12.0 Å². The summed E-state index contributed by atoms with van der Waals surface area (Å²) in [5.74, 6) is -1.21. The molecule has 0 spiro atoms. The topological polar surface area (TPSA) is 93.2 Å². The second kappa shape index (κ2) is 6.23. The maximum absolute atomic E-state index is 12.5. The predicted octanol–water partition coefficient (Wildman–Crippen LogP) is 1.15. The van der Waals surface area contributed by atoms with E-state index in [1.54, 1.807) is 23.6 Å². The summed E-state index contributed by atoms with van der Waals surface area (Å²) in [6.45, 7) is 6.02. The fraction of sp³-hybridized carbons (Fsp3) is 0.467. The van der Waals surface area contributed by atoms with Gasteiger partial charge in [-0.05, 0) is 20.8 Å². The average Bonchev–Trinajstić information content (AvgIpc) is 3.07. The Morgan fingerprint density at radius 1 is 1.39 bits per heavy atom. The van der Waals surface area contributed by atoms with Crippen molar-refractivity contribution in [2.24, 2.45) is 7.05 Å². The number of likely N-dealkylation sites (N-methyl/N-ethyl adjacent to an activating group) is 1. The minimum absolute atomic E-state index is 0.0613. The number of aromatic nitrogens is 4. The molecule has 2 rings (SSSR count). The first-order valence-corrected chi connectivity index (χ1v) is 7.23. The van der Waals surface area contributed by atoms with Crippen molar-refractivity contribution in [3.05, 3.63) is 34.9 Å². The number of carbonyl (C=O) groups excluding carboxylic acids is 1. The highest BCUT2D eigenvalue weighted by Crippen LogP contribution is 2.17. The first-order valence-electron chi connectivity index (χ1n) is 7.23. The van der Waals surface area contributed by atoms with Crippen LogP contribution in [0.4, 0.5) is 0 Å². The molecule has 0 saturated heterocycles. The Bertz CT molecular complexity index is 746. The predicted molar refractivity (Wildman–Crippen MR) is 83.1 cm³/mol. The number of hydrogen-bond acceptors (Lipinski definition) is 4. The zero-order valence-electron chi connectivity index (χ0n) is 13.9. The molecule has 0 aromatic carbocycles. The summed E-state index contributed by atoms with van der Waals surface area (Å²) in [6.07, 6.45) is 2.60. The van der Waals surface area contributed by atoms with E-state index in [0.717, 1.165) is 17.0 Å². The van der Waals surface area contributed by atoms with E-state index in [1.165, 1.54) is 17.1 Å². The number of rotatable bonds is 5. The van der Waals surface area contributed by atoms with E-state index in [4.69, 9.17) is 5.11 Å². The van der Waals surface area contributed by atoms with Gasteiger partial charge < -0.3 is 10.0 Å². The van der Waals surface area contributed by atoms with Gasteiger partial charge in [0, 0.05) is 38.1 Å². The molecule has 1 atom stereocenters. The molecule has 0 aliphatic rings. The Morgan fingerprint density at radius 3 is 2.52 bits per heavy atom. The van der Waals surface area contributed by atoms with Crippen molar-refractivity contribution in [2.45, 2.75) is 33.4 Å². The zero-order chi connectivity index (χ0) is 17.3. The molecule has 124 valence electrons. The quantitative estimate of drug-likeness (QED) is 0.892. The Kier molecular flexibility index (Phi) is 4.53. The lowest BCUT2D eigenvalue weighted by Crippen LogP contribution is -2.33. The van der Waals surface area contributed by atoms with Crippen LogP contribution in [0.1, 0.15) is 40.3 Å². The molecule has 0 aliphatic heterocycles. The van der Waals surface area contributed by atoms with E-state index in [1.807, 2.05) is 20.9 Å². The van der Waals surface area contributed by atoms with Crippen LogP contribution in [0.3, 0.4) is 0 Å². The molecule has 2 heterocycles. The molecule has 1 N–H and O–H groups in total. The lowest BCUT2D eigenvalue weighted by atomic mass is 10.1. The number of carboxylic acids is 1. The second-order valence-electron chi connectivity index (χ2n) is 5.66. The molecule has 2 aromatic heterocycles. The van der Waals surface area contributed by atoms with Gasteiger partial charge in [0.05, 0.1) is 17.5 Å². The minimum Gasteiger partial charge on any atom is -0.478 e. The Morgan fingerprint density at radius 2 is 2.04 bits per heavy atom. The lowest BCUT2D eigenvalue weighted by molar-refractivity contribution is -0.133. The number of carbonyl (C=O) groups is 2. The van der Waals surface area contributed by atoms with Gasteiger partial charge in [0.2, 0.25) is 5.91 Å².